The van der Waals surface area contributed by atoms with Crippen LogP contribution in [0.2, 0.25) is 0 Å². The molecule has 25 heavy (non-hydrogen) atoms. The fourth-order valence-electron chi connectivity index (χ4n) is 2.87. The summed E-state index contributed by atoms with van der Waals surface area (Å²) in [6.07, 6.45) is 6.10. The van der Waals surface area contributed by atoms with Gasteiger partial charge in [0.15, 0.2) is 0 Å². The number of sulfonamides is 1. The smallest absolute Gasteiger partial charge is 0.322 e. The number of nitrogens with zero attached hydrogens (tertiary/aromatic N) is 3. The molecule has 2 aromatic rings. The lowest BCUT2D eigenvalue weighted by molar-refractivity contribution is 0.330. The van der Waals surface area contributed by atoms with E-state index in [1.54, 1.807) is 0 Å². The van der Waals surface area contributed by atoms with E-state index in [1.807, 2.05) is 0 Å². The Morgan fingerprint density at radius 3 is 2.76 bits per heavy atom. The van der Waals surface area contributed by atoms with E-state index < -0.39 is 15.8 Å². The minimum atomic E-state index is -3.14. The van der Waals surface area contributed by atoms with Crippen molar-refractivity contribution in [3.05, 3.63) is 24.1 Å². The summed E-state index contributed by atoms with van der Waals surface area (Å²) in [7, 11) is -3.14. The maximum atomic E-state index is 13.2. The van der Waals surface area contributed by atoms with Crippen LogP contribution in [0, 0.1) is 11.7 Å². The van der Waals surface area contributed by atoms with E-state index in [1.165, 1.54) is 24.6 Å². The quantitative estimate of drug-likeness (QED) is 0.799. The van der Waals surface area contributed by atoms with E-state index in [0.29, 0.717) is 18.2 Å². The maximum Gasteiger partial charge on any atom is 0.322 e. The first-order valence-corrected chi connectivity index (χ1v) is 9.95. The molecule has 0 saturated heterocycles. The molecule has 3 rings (SSSR count). The van der Waals surface area contributed by atoms with E-state index in [0.717, 1.165) is 25.7 Å². The van der Waals surface area contributed by atoms with Crippen LogP contribution in [0.25, 0.3) is 11.5 Å². The minimum absolute atomic E-state index is 0.184. The van der Waals surface area contributed by atoms with Crippen LogP contribution in [-0.2, 0) is 10.0 Å². The van der Waals surface area contributed by atoms with Crippen LogP contribution in [0.4, 0.5) is 10.4 Å². The zero-order chi connectivity index (χ0) is 17.9. The molecule has 0 bridgehead atoms. The monoisotopic (exact) mass is 369 g/mol. The van der Waals surface area contributed by atoms with Gasteiger partial charge in [-0.25, -0.2) is 17.5 Å². The summed E-state index contributed by atoms with van der Waals surface area (Å²) in [6, 6.07) is 2.95. The number of pyridine rings is 1. The highest BCUT2D eigenvalue weighted by atomic mass is 32.2. The van der Waals surface area contributed by atoms with Gasteiger partial charge < -0.3 is 9.84 Å². The number of hydrogen-bond donors (Lipinski definition) is 2. The average Bonchev–Trinajstić information content (AvgIpc) is 3.02. The number of anilines is 1. The standard InChI is InChI=1S/C15H20FN5O3S/c1-25(22,23)18-9-10-2-4-12(5-3-10)19-15-20-14(21-24-15)13-8-11(16)6-7-17-13/h6-8,10,12,18H,2-5,9H2,1H3,(H,19,20,21)/t10-,12-. The van der Waals surface area contributed by atoms with Gasteiger partial charge in [-0.1, -0.05) is 5.16 Å². The van der Waals surface area contributed by atoms with Gasteiger partial charge in [-0.15, -0.1) is 0 Å². The molecule has 1 saturated carbocycles. The highest BCUT2D eigenvalue weighted by molar-refractivity contribution is 7.88. The second-order valence-electron chi connectivity index (χ2n) is 6.27. The van der Waals surface area contributed by atoms with Crippen LogP contribution >= 0.6 is 0 Å². The predicted octanol–water partition coefficient (Wildman–Crippen LogP) is 1.79. The predicted molar refractivity (Wildman–Crippen MR) is 89.7 cm³/mol. The van der Waals surface area contributed by atoms with E-state index in [9.17, 15) is 12.8 Å². The second kappa shape index (κ2) is 7.44. The van der Waals surface area contributed by atoms with Crippen molar-refractivity contribution >= 4 is 16.0 Å². The fraction of sp³-hybridized carbons (Fsp3) is 0.533. The van der Waals surface area contributed by atoms with E-state index in [4.69, 9.17) is 4.52 Å². The van der Waals surface area contributed by atoms with E-state index >= 15 is 0 Å². The molecule has 10 heteroatoms. The first-order valence-electron chi connectivity index (χ1n) is 8.06. The van der Waals surface area contributed by atoms with Crippen molar-refractivity contribution in [3.8, 4) is 11.5 Å². The van der Waals surface area contributed by atoms with Gasteiger partial charge in [0.05, 0.1) is 6.26 Å². The van der Waals surface area contributed by atoms with Crippen LogP contribution in [0.15, 0.2) is 22.9 Å². The topological polar surface area (TPSA) is 110 Å². The molecule has 1 aliphatic carbocycles. The Morgan fingerprint density at radius 2 is 2.08 bits per heavy atom. The second-order valence-corrected chi connectivity index (χ2v) is 8.10. The van der Waals surface area contributed by atoms with Crippen molar-refractivity contribution in [2.24, 2.45) is 5.92 Å². The van der Waals surface area contributed by atoms with Crippen molar-refractivity contribution < 1.29 is 17.3 Å². The summed E-state index contributed by atoms with van der Waals surface area (Å²) < 4.78 is 43.2. The Balaban J connectivity index is 1.51. The SMILES string of the molecule is CS(=O)(=O)NC[C@H]1CC[C@H](Nc2nc(-c3cc(F)ccn3)no2)CC1. The van der Waals surface area contributed by atoms with Gasteiger partial charge in [0.1, 0.15) is 11.5 Å². The van der Waals surface area contributed by atoms with Gasteiger partial charge in [0, 0.05) is 24.8 Å². The summed E-state index contributed by atoms with van der Waals surface area (Å²) >= 11 is 0. The largest absolute Gasteiger partial charge is 0.335 e. The third-order valence-corrected chi connectivity index (χ3v) is 4.88. The number of halogens is 1. The summed E-state index contributed by atoms with van der Waals surface area (Å²) in [5.41, 5.74) is 0.312. The van der Waals surface area contributed by atoms with Crippen molar-refractivity contribution in [2.75, 3.05) is 18.1 Å². The van der Waals surface area contributed by atoms with Gasteiger partial charge in [0.2, 0.25) is 15.8 Å². The summed E-state index contributed by atoms with van der Waals surface area (Å²) in [4.78, 5) is 8.20. The molecule has 0 unspecified atom stereocenters. The molecular formula is C15H20FN5O3S. The summed E-state index contributed by atoms with van der Waals surface area (Å²) in [5.74, 6) is 0.154. The van der Waals surface area contributed by atoms with Gasteiger partial charge >= 0.3 is 6.01 Å². The molecule has 8 nitrogen and oxygen atoms in total. The van der Waals surface area contributed by atoms with Crippen LogP contribution in [0.5, 0.6) is 0 Å². The van der Waals surface area contributed by atoms with Gasteiger partial charge in [-0.2, -0.15) is 4.98 Å². The molecule has 0 aliphatic heterocycles. The molecule has 0 spiro atoms. The molecule has 136 valence electrons. The Hall–Kier alpha value is -2.07. The van der Waals surface area contributed by atoms with Crippen LogP contribution in [-0.4, -0.2) is 42.4 Å². The lowest BCUT2D eigenvalue weighted by Gasteiger charge is -2.28. The highest BCUT2D eigenvalue weighted by Gasteiger charge is 2.23. The normalized spacial score (nSPS) is 21.2. The zero-order valence-electron chi connectivity index (χ0n) is 13.8. The van der Waals surface area contributed by atoms with Crippen LogP contribution in [0.3, 0.4) is 0 Å². The maximum absolute atomic E-state index is 13.2. The molecule has 2 N–H and O–H groups in total. The van der Waals surface area contributed by atoms with Gasteiger partial charge in [-0.05, 0) is 37.7 Å². The van der Waals surface area contributed by atoms with Gasteiger partial charge in [0.25, 0.3) is 0 Å². The molecule has 1 aliphatic rings. The molecule has 0 aromatic carbocycles. The van der Waals surface area contributed by atoms with E-state index in [-0.39, 0.29) is 17.9 Å². The molecule has 0 amide bonds. The number of rotatable bonds is 6. The van der Waals surface area contributed by atoms with Crippen molar-refractivity contribution in [2.45, 2.75) is 31.7 Å². The third-order valence-electron chi connectivity index (χ3n) is 4.19. The Morgan fingerprint density at radius 1 is 1.32 bits per heavy atom. The Kier molecular flexibility index (Phi) is 5.28. The number of aromatic nitrogens is 3. The van der Waals surface area contributed by atoms with Crippen molar-refractivity contribution in [3.63, 3.8) is 0 Å². The Bertz CT molecular complexity index is 818. The lowest BCUT2D eigenvalue weighted by Crippen LogP contribution is -2.33. The molecule has 2 heterocycles. The van der Waals surface area contributed by atoms with Crippen molar-refractivity contribution in [1.29, 1.82) is 0 Å². The van der Waals surface area contributed by atoms with Crippen molar-refractivity contribution in [1.82, 2.24) is 19.8 Å². The van der Waals surface area contributed by atoms with Gasteiger partial charge in [-0.3, -0.25) is 4.98 Å². The first-order chi connectivity index (χ1) is 11.9. The molecule has 1 fully saturated rings. The third kappa shape index (κ3) is 5.20. The van der Waals surface area contributed by atoms with Crippen LogP contribution < -0.4 is 10.0 Å². The summed E-state index contributed by atoms with van der Waals surface area (Å²) in [6.45, 7) is 0.474. The Labute approximate surface area is 145 Å². The summed E-state index contributed by atoms with van der Waals surface area (Å²) in [5, 5.41) is 6.99. The number of hydrogen-bond acceptors (Lipinski definition) is 7. The zero-order valence-corrected chi connectivity index (χ0v) is 14.6. The minimum Gasteiger partial charge on any atom is -0.335 e. The highest BCUT2D eigenvalue weighted by Crippen LogP contribution is 2.26. The lowest BCUT2D eigenvalue weighted by atomic mass is 9.86. The fourth-order valence-corrected chi connectivity index (χ4v) is 3.41. The molecule has 2 aromatic heterocycles. The van der Waals surface area contributed by atoms with Crippen LogP contribution in [0.1, 0.15) is 25.7 Å². The molecule has 0 atom stereocenters. The van der Waals surface area contributed by atoms with E-state index in [2.05, 4.69) is 25.2 Å². The first kappa shape index (κ1) is 17.7. The number of nitrogens with one attached hydrogen (secondary N) is 2. The molecular weight excluding hydrogens is 349 g/mol. The average molecular weight is 369 g/mol. The molecule has 0 radical (unpaired) electrons.